The molecule has 4 aromatic rings. The zero-order valence-corrected chi connectivity index (χ0v) is 11.2. The molecule has 0 fully saturated rings. The molecule has 21 heavy (non-hydrogen) atoms. The van der Waals surface area contributed by atoms with Gasteiger partial charge in [-0.05, 0) is 30.3 Å². The van der Waals surface area contributed by atoms with Gasteiger partial charge < -0.3 is 5.73 Å². The first-order valence-corrected chi connectivity index (χ1v) is 6.68. The van der Waals surface area contributed by atoms with Crippen molar-refractivity contribution in [3.63, 3.8) is 0 Å². The lowest BCUT2D eigenvalue weighted by atomic mass is 10.1. The van der Waals surface area contributed by atoms with Crippen LogP contribution >= 0.6 is 0 Å². The Hall–Kier alpha value is -3.01. The van der Waals surface area contributed by atoms with Crippen molar-refractivity contribution in [2.75, 3.05) is 5.73 Å². The summed E-state index contributed by atoms with van der Waals surface area (Å²) in [6, 6.07) is 15.6. The topological polar surface area (TPSA) is 64.7 Å². The van der Waals surface area contributed by atoms with Gasteiger partial charge in [-0.25, -0.2) is 15.0 Å². The second kappa shape index (κ2) is 4.52. The zero-order valence-electron chi connectivity index (χ0n) is 11.2. The fourth-order valence-electron chi connectivity index (χ4n) is 2.51. The van der Waals surface area contributed by atoms with Gasteiger partial charge in [-0.1, -0.05) is 18.2 Å². The molecule has 0 aliphatic carbocycles. The molecule has 0 bridgehead atoms. The lowest BCUT2D eigenvalue weighted by molar-refractivity contribution is 1.18. The lowest BCUT2D eigenvalue weighted by Gasteiger charge is -2.08. The number of nitrogen functional groups attached to an aromatic ring is 1. The molecule has 4 nitrogen and oxygen atoms in total. The minimum absolute atomic E-state index is 0.687. The van der Waals surface area contributed by atoms with Crippen molar-refractivity contribution in [3.05, 3.63) is 60.9 Å². The first-order chi connectivity index (χ1) is 10.3. The second-order valence-electron chi connectivity index (χ2n) is 4.85. The van der Waals surface area contributed by atoms with Crippen molar-refractivity contribution in [3.8, 4) is 11.4 Å². The predicted molar refractivity (Wildman–Crippen MR) is 84.7 cm³/mol. The summed E-state index contributed by atoms with van der Waals surface area (Å²) in [6.45, 7) is 0. The van der Waals surface area contributed by atoms with E-state index < -0.39 is 0 Å². The molecule has 4 heteroatoms. The highest BCUT2D eigenvalue weighted by Gasteiger charge is 2.08. The first kappa shape index (κ1) is 11.8. The van der Waals surface area contributed by atoms with Crippen LogP contribution in [0.2, 0.25) is 0 Å². The number of fused-ring (bicyclic) bond motifs is 2. The Balaban J connectivity index is 2.03. The maximum absolute atomic E-state index is 6.32. The van der Waals surface area contributed by atoms with E-state index in [0.29, 0.717) is 5.82 Å². The van der Waals surface area contributed by atoms with Gasteiger partial charge in [0.05, 0.1) is 16.7 Å². The molecule has 2 aromatic heterocycles. The number of nitrogens with zero attached hydrogens (tertiary/aromatic N) is 3. The summed E-state index contributed by atoms with van der Waals surface area (Å²) in [5, 5.41) is 1.90. The average molecular weight is 272 g/mol. The number of hydrogen-bond donors (Lipinski definition) is 1. The van der Waals surface area contributed by atoms with Crippen LogP contribution in [0.1, 0.15) is 0 Å². The molecule has 0 saturated carbocycles. The average Bonchev–Trinajstić information content (AvgIpc) is 2.56. The number of hydrogen-bond acceptors (Lipinski definition) is 4. The first-order valence-electron chi connectivity index (χ1n) is 6.68. The van der Waals surface area contributed by atoms with E-state index >= 15 is 0 Å². The number of nitrogens with two attached hydrogens (primary N) is 1. The van der Waals surface area contributed by atoms with E-state index in [9.17, 15) is 0 Å². The maximum Gasteiger partial charge on any atom is 0.159 e. The van der Waals surface area contributed by atoms with E-state index in [4.69, 9.17) is 5.73 Å². The van der Waals surface area contributed by atoms with Crippen LogP contribution in [0.5, 0.6) is 0 Å². The van der Waals surface area contributed by atoms with Gasteiger partial charge in [-0.2, -0.15) is 0 Å². The Morgan fingerprint density at radius 2 is 1.52 bits per heavy atom. The molecule has 2 heterocycles. The van der Waals surface area contributed by atoms with E-state index in [0.717, 1.165) is 33.1 Å². The van der Waals surface area contributed by atoms with Crippen LogP contribution in [0, 0.1) is 0 Å². The van der Waals surface area contributed by atoms with Gasteiger partial charge in [0.2, 0.25) is 0 Å². The van der Waals surface area contributed by atoms with Crippen LogP contribution < -0.4 is 5.73 Å². The quantitative estimate of drug-likeness (QED) is 0.539. The molecule has 0 atom stereocenters. The van der Waals surface area contributed by atoms with Crippen molar-refractivity contribution in [1.29, 1.82) is 0 Å². The van der Waals surface area contributed by atoms with Crippen LogP contribution in [0.15, 0.2) is 60.9 Å². The Bertz CT molecular complexity index is 949. The predicted octanol–water partition coefficient (Wildman–Crippen LogP) is 3.43. The van der Waals surface area contributed by atoms with E-state index in [-0.39, 0.29) is 0 Å². The number of rotatable bonds is 1. The standard InChI is InChI=1S/C17H12N4/c18-16-12-4-1-2-5-14(12)21-15-7-6-11(10-13(15)16)17-19-8-3-9-20-17/h1-10H,(H2,18,21). The van der Waals surface area contributed by atoms with Gasteiger partial charge in [-0.3, -0.25) is 0 Å². The van der Waals surface area contributed by atoms with E-state index in [1.165, 1.54) is 0 Å². The zero-order chi connectivity index (χ0) is 14.2. The molecule has 100 valence electrons. The fraction of sp³-hybridized carbons (Fsp3) is 0. The normalized spacial score (nSPS) is 11.0. The third kappa shape index (κ3) is 1.89. The Labute approximate surface area is 121 Å². The van der Waals surface area contributed by atoms with Gasteiger partial charge in [0, 0.05) is 28.7 Å². The van der Waals surface area contributed by atoms with Crippen molar-refractivity contribution in [2.24, 2.45) is 0 Å². The molecule has 0 saturated heterocycles. The van der Waals surface area contributed by atoms with Gasteiger partial charge in [0.15, 0.2) is 5.82 Å². The minimum Gasteiger partial charge on any atom is -0.398 e. The molecule has 0 spiro atoms. The maximum atomic E-state index is 6.32. The van der Waals surface area contributed by atoms with Crippen molar-refractivity contribution in [2.45, 2.75) is 0 Å². The molecule has 2 N–H and O–H groups in total. The summed E-state index contributed by atoms with van der Waals surface area (Å²) in [6.07, 6.45) is 3.46. The SMILES string of the molecule is Nc1c2ccccc2nc2ccc(-c3ncccn3)cc12. The Morgan fingerprint density at radius 1 is 0.762 bits per heavy atom. The third-order valence-corrected chi connectivity index (χ3v) is 3.55. The highest BCUT2D eigenvalue weighted by atomic mass is 14.8. The Morgan fingerprint density at radius 3 is 2.38 bits per heavy atom. The number of anilines is 1. The van der Waals surface area contributed by atoms with Crippen LogP contribution in [-0.4, -0.2) is 15.0 Å². The molecule has 4 rings (SSSR count). The smallest absolute Gasteiger partial charge is 0.159 e. The van der Waals surface area contributed by atoms with Gasteiger partial charge in [0.25, 0.3) is 0 Å². The largest absolute Gasteiger partial charge is 0.398 e. The number of para-hydroxylation sites is 1. The summed E-state index contributed by atoms with van der Waals surface area (Å²) in [4.78, 5) is 13.2. The fourth-order valence-corrected chi connectivity index (χ4v) is 2.51. The van der Waals surface area contributed by atoms with Crippen molar-refractivity contribution >= 4 is 27.5 Å². The molecule has 0 unspecified atom stereocenters. The molecule has 0 radical (unpaired) electrons. The van der Waals surface area contributed by atoms with E-state index in [1.54, 1.807) is 18.5 Å². The monoisotopic (exact) mass is 272 g/mol. The van der Waals surface area contributed by atoms with Crippen LogP contribution in [0.3, 0.4) is 0 Å². The summed E-state index contributed by atoms with van der Waals surface area (Å²) in [5.74, 6) is 0.687. The summed E-state index contributed by atoms with van der Waals surface area (Å²) in [5.41, 5.74) is 9.79. The van der Waals surface area contributed by atoms with Crippen molar-refractivity contribution < 1.29 is 0 Å². The van der Waals surface area contributed by atoms with Crippen molar-refractivity contribution in [1.82, 2.24) is 15.0 Å². The van der Waals surface area contributed by atoms with Gasteiger partial charge in [0.1, 0.15) is 0 Å². The van der Waals surface area contributed by atoms with Crippen LogP contribution in [-0.2, 0) is 0 Å². The molecule has 2 aromatic carbocycles. The van der Waals surface area contributed by atoms with Crippen LogP contribution in [0.25, 0.3) is 33.2 Å². The number of pyridine rings is 1. The summed E-state index contributed by atoms with van der Waals surface area (Å²) < 4.78 is 0. The molecule has 0 aliphatic rings. The second-order valence-corrected chi connectivity index (χ2v) is 4.85. The minimum atomic E-state index is 0.687. The number of benzene rings is 2. The third-order valence-electron chi connectivity index (χ3n) is 3.55. The molecule has 0 amide bonds. The Kier molecular flexibility index (Phi) is 2.54. The van der Waals surface area contributed by atoms with E-state index in [2.05, 4.69) is 15.0 Å². The highest BCUT2D eigenvalue weighted by molar-refractivity contribution is 6.07. The number of aromatic nitrogens is 3. The highest BCUT2D eigenvalue weighted by Crippen LogP contribution is 2.30. The summed E-state index contributed by atoms with van der Waals surface area (Å²) >= 11 is 0. The van der Waals surface area contributed by atoms with Crippen LogP contribution in [0.4, 0.5) is 5.69 Å². The summed E-state index contributed by atoms with van der Waals surface area (Å²) in [7, 11) is 0. The molecule has 0 aliphatic heterocycles. The molecular weight excluding hydrogens is 260 g/mol. The van der Waals surface area contributed by atoms with Gasteiger partial charge in [-0.15, -0.1) is 0 Å². The van der Waals surface area contributed by atoms with E-state index in [1.807, 2.05) is 42.5 Å². The molecular formula is C17H12N4. The lowest BCUT2D eigenvalue weighted by Crippen LogP contribution is -1.94. The van der Waals surface area contributed by atoms with Gasteiger partial charge >= 0.3 is 0 Å².